The lowest BCUT2D eigenvalue weighted by molar-refractivity contribution is -0.125. The van der Waals surface area contributed by atoms with E-state index in [2.05, 4.69) is 31.3 Å². The zero-order chi connectivity index (χ0) is 23.6. The summed E-state index contributed by atoms with van der Waals surface area (Å²) in [5.41, 5.74) is 7.24. The van der Waals surface area contributed by atoms with Gasteiger partial charge in [0.2, 0.25) is 5.91 Å². The van der Waals surface area contributed by atoms with Crippen LogP contribution in [0, 0.1) is 43.9 Å². The molecule has 2 heterocycles. The molecule has 4 bridgehead atoms. The van der Waals surface area contributed by atoms with Crippen molar-refractivity contribution in [2.75, 3.05) is 0 Å². The number of fused-ring (bicyclic) bond motifs is 1. The first-order valence-corrected chi connectivity index (χ1v) is 13.0. The highest BCUT2D eigenvalue weighted by molar-refractivity contribution is 5.82. The van der Waals surface area contributed by atoms with E-state index in [1.165, 1.54) is 38.5 Å². The van der Waals surface area contributed by atoms with E-state index in [0.717, 1.165) is 57.2 Å². The molecule has 0 radical (unpaired) electrons. The summed E-state index contributed by atoms with van der Waals surface area (Å²) in [7, 11) is 0. The minimum atomic E-state index is 0.114. The average molecular weight is 457 g/mol. The number of aromatic nitrogens is 3. The molecule has 4 aliphatic carbocycles. The van der Waals surface area contributed by atoms with Crippen molar-refractivity contribution < 1.29 is 4.79 Å². The SMILES string of the molecule is Cc1nc2c(-c3ccccc3)c(C)nn2c(C)c1CC(=O)NC(C)C12CC3CC(CC(C3)C1)C2. The number of carbonyl (C=O) groups excluding carboxylic acids is 1. The maximum Gasteiger partial charge on any atom is 0.224 e. The Bertz CT molecular complexity index is 1220. The van der Waals surface area contributed by atoms with Crippen LogP contribution in [0.1, 0.15) is 68.1 Å². The predicted molar refractivity (Wildman–Crippen MR) is 135 cm³/mol. The van der Waals surface area contributed by atoms with E-state index in [0.29, 0.717) is 11.8 Å². The van der Waals surface area contributed by atoms with Crippen molar-refractivity contribution in [1.29, 1.82) is 0 Å². The topological polar surface area (TPSA) is 59.3 Å². The lowest BCUT2D eigenvalue weighted by Gasteiger charge is -2.59. The fourth-order valence-corrected chi connectivity index (χ4v) is 7.98. The minimum Gasteiger partial charge on any atom is -0.353 e. The van der Waals surface area contributed by atoms with Crippen LogP contribution in [0.2, 0.25) is 0 Å². The van der Waals surface area contributed by atoms with Crippen molar-refractivity contribution >= 4 is 11.6 Å². The Morgan fingerprint density at radius 3 is 2.26 bits per heavy atom. The number of hydrogen-bond donors (Lipinski definition) is 1. The molecule has 3 aromatic rings. The Morgan fingerprint density at radius 1 is 1.03 bits per heavy atom. The quantitative estimate of drug-likeness (QED) is 0.545. The van der Waals surface area contributed by atoms with Crippen molar-refractivity contribution in [3.8, 4) is 11.1 Å². The molecule has 1 N–H and O–H groups in total. The summed E-state index contributed by atoms with van der Waals surface area (Å²) < 4.78 is 1.93. The van der Waals surface area contributed by atoms with Crippen LogP contribution in [0.15, 0.2) is 30.3 Å². The third-order valence-electron chi connectivity index (χ3n) is 9.28. The first-order chi connectivity index (χ1) is 16.3. The normalized spacial score (nSPS) is 28.4. The highest BCUT2D eigenvalue weighted by Gasteiger charge is 2.53. The fraction of sp³-hybridized carbons (Fsp3) is 0.552. The molecular formula is C29H36N4O. The maximum absolute atomic E-state index is 13.3. The van der Waals surface area contributed by atoms with Crippen molar-refractivity contribution in [1.82, 2.24) is 19.9 Å². The Hall–Kier alpha value is -2.69. The third-order valence-corrected chi connectivity index (χ3v) is 9.28. The van der Waals surface area contributed by atoms with Crippen molar-refractivity contribution in [2.24, 2.45) is 23.2 Å². The van der Waals surface area contributed by atoms with Gasteiger partial charge in [-0.2, -0.15) is 5.10 Å². The first-order valence-electron chi connectivity index (χ1n) is 13.0. The van der Waals surface area contributed by atoms with Crippen molar-refractivity contribution in [3.05, 3.63) is 53.0 Å². The molecule has 5 nitrogen and oxygen atoms in total. The number of nitrogens with one attached hydrogen (secondary N) is 1. The molecule has 1 aromatic carbocycles. The summed E-state index contributed by atoms with van der Waals surface area (Å²) >= 11 is 0. The molecule has 0 aliphatic heterocycles. The van der Waals surface area contributed by atoms with Crippen LogP contribution in [0.25, 0.3) is 16.8 Å². The van der Waals surface area contributed by atoms with Crippen molar-refractivity contribution in [3.63, 3.8) is 0 Å². The number of carbonyl (C=O) groups is 1. The predicted octanol–water partition coefficient (Wildman–Crippen LogP) is 5.59. The standard InChI is InChI=1S/C29H36N4O/c1-17-25(19(3)33-28(30-17)27(18(2)32-33)24-8-6-5-7-9-24)13-26(34)31-20(4)29-14-21-10-22(15-29)12-23(11-21)16-29/h5-9,20-23H,10-16H2,1-4H3,(H,31,34). The third kappa shape index (κ3) is 3.47. The molecule has 1 atom stereocenters. The number of rotatable bonds is 5. The van der Waals surface area contributed by atoms with Gasteiger partial charge in [-0.3, -0.25) is 4.79 Å². The van der Waals surface area contributed by atoms with E-state index >= 15 is 0 Å². The number of aryl methyl sites for hydroxylation is 3. The molecule has 34 heavy (non-hydrogen) atoms. The van der Waals surface area contributed by atoms with Gasteiger partial charge in [-0.1, -0.05) is 30.3 Å². The number of amides is 1. The molecule has 4 aliphatic rings. The maximum atomic E-state index is 13.3. The van der Waals surface area contributed by atoms with Crippen LogP contribution in [0.3, 0.4) is 0 Å². The Morgan fingerprint density at radius 2 is 1.65 bits per heavy atom. The van der Waals surface area contributed by atoms with Crippen LogP contribution in [-0.4, -0.2) is 26.5 Å². The van der Waals surface area contributed by atoms with Gasteiger partial charge in [0, 0.05) is 28.6 Å². The number of benzene rings is 1. The largest absolute Gasteiger partial charge is 0.353 e. The molecule has 4 fully saturated rings. The molecule has 178 valence electrons. The van der Waals surface area contributed by atoms with E-state index in [1.807, 2.05) is 36.6 Å². The Balaban J connectivity index is 1.25. The van der Waals surface area contributed by atoms with Gasteiger partial charge in [0.15, 0.2) is 5.65 Å². The molecule has 4 saturated carbocycles. The van der Waals surface area contributed by atoms with Gasteiger partial charge >= 0.3 is 0 Å². The zero-order valence-electron chi connectivity index (χ0n) is 20.9. The highest BCUT2D eigenvalue weighted by Crippen LogP contribution is 2.61. The van der Waals surface area contributed by atoms with E-state index in [1.54, 1.807) is 0 Å². The second-order valence-corrected chi connectivity index (χ2v) is 11.6. The van der Waals surface area contributed by atoms with E-state index in [4.69, 9.17) is 10.1 Å². The number of hydrogen-bond acceptors (Lipinski definition) is 3. The summed E-state index contributed by atoms with van der Waals surface area (Å²) in [6.07, 6.45) is 8.56. The summed E-state index contributed by atoms with van der Waals surface area (Å²) in [4.78, 5) is 18.2. The Kier molecular flexibility index (Phi) is 5.09. The summed E-state index contributed by atoms with van der Waals surface area (Å²) in [5, 5.41) is 8.24. The summed E-state index contributed by atoms with van der Waals surface area (Å²) in [6, 6.07) is 10.5. The van der Waals surface area contributed by atoms with Gasteiger partial charge in [0.05, 0.1) is 12.1 Å². The molecule has 1 amide bonds. The number of nitrogens with zero attached hydrogens (tertiary/aromatic N) is 3. The van der Waals surface area contributed by atoms with Gasteiger partial charge in [0.1, 0.15) is 0 Å². The van der Waals surface area contributed by atoms with Crippen LogP contribution in [0.5, 0.6) is 0 Å². The molecule has 2 aromatic heterocycles. The smallest absolute Gasteiger partial charge is 0.224 e. The average Bonchev–Trinajstić information content (AvgIpc) is 3.12. The highest BCUT2D eigenvalue weighted by atomic mass is 16.1. The van der Waals surface area contributed by atoms with E-state index < -0.39 is 0 Å². The molecule has 0 spiro atoms. The van der Waals surface area contributed by atoms with Gasteiger partial charge in [0.25, 0.3) is 0 Å². The van der Waals surface area contributed by atoms with E-state index in [9.17, 15) is 4.79 Å². The molecule has 7 rings (SSSR count). The van der Waals surface area contributed by atoms with Gasteiger partial charge in [-0.05, 0) is 95.0 Å². The molecule has 0 saturated heterocycles. The second kappa shape index (κ2) is 7.93. The monoisotopic (exact) mass is 456 g/mol. The van der Waals surface area contributed by atoms with Crippen LogP contribution in [0.4, 0.5) is 0 Å². The van der Waals surface area contributed by atoms with E-state index in [-0.39, 0.29) is 11.9 Å². The lowest BCUT2D eigenvalue weighted by Crippen LogP contribution is -2.56. The van der Waals surface area contributed by atoms with Gasteiger partial charge < -0.3 is 5.32 Å². The van der Waals surface area contributed by atoms with Crippen molar-refractivity contribution in [2.45, 2.75) is 78.7 Å². The van der Waals surface area contributed by atoms with Crippen LogP contribution in [-0.2, 0) is 11.2 Å². The zero-order valence-corrected chi connectivity index (χ0v) is 20.9. The lowest BCUT2D eigenvalue weighted by atomic mass is 9.48. The van der Waals surface area contributed by atoms with Crippen LogP contribution >= 0.6 is 0 Å². The molecule has 1 unspecified atom stereocenters. The minimum absolute atomic E-state index is 0.114. The van der Waals surface area contributed by atoms with Gasteiger partial charge in [-0.15, -0.1) is 0 Å². The fourth-order valence-electron chi connectivity index (χ4n) is 7.98. The van der Waals surface area contributed by atoms with Gasteiger partial charge in [-0.25, -0.2) is 9.50 Å². The van der Waals surface area contributed by atoms with Crippen LogP contribution < -0.4 is 5.32 Å². The Labute approximate surface area is 202 Å². The second-order valence-electron chi connectivity index (χ2n) is 11.6. The summed E-state index contributed by atoms with van der Waals surface area (Å²) in [5.74, 6) is 2.79. The summed E-state index contributed by atoms with van der Waals surface area (Å²) in [6.45, 7) is 8.38. The first kappa shape index (κ1) is 21.8. The molecular weight excluding hydrogens is 420 g/mol. The molecule has 5 heteroatoms.